The average molecular weight is 549 g/mol. The largest absolute Gasteiger partial charge is 0.462 e. The first-order chi connectivity index (χ1) is 18.5. The Labute approximate surface area is 239 Å². The van der Waals surface area contributed by atoms with Crippen LogP contribution in [0.2, 0.25) is 0 Å². The first kappa shape index (κ1) is 31.3. The zero-order valence-corrected chi connectivity index (χ0v) is 26.6. The van der Waals surface area contributed by atoms with Gasteiger partial charge in [-0.2, -0.15) is 0 Å². The zero-order chi connectivity index (χ0) is 28.4. The molecule has 0 spiro atoms. The molecule has 226 valence electrons. The fourth-order valence-electron chi connectivity index (χ4n) is 9.83. The molecule has 10 unspecified atom stereocenters. The molecule has 0 N–H and O–H groups in total. The van der Waals surface area contributed by atoms with Crippen molar-refractivity contribution in [2.24, 2.45) is 51.8 Å². The number of carbonyl (C=O) groups excluding carboxylic acids is 1. The first-order valence-corrected chi connectivity index (χ1v) is 16.6. The lowest BCUT2D eigenvalue weighted by atomic mass is 9.44. The molecule has 0 bridgehead atoms. The first-order valence-electron chi connectivity index (χ1n) is 16.6. The highest BCUT2D eigenvalue weighted by molar-refractivity contribution is 5.76. The highest BCUT2D eigenvalue weighted by Crippen LogP contribution is 2.68. The molecule has 0 aromatic carbocycles. The van der Waals surface area contributed by atoms with Crippen molar-refractivity contribution >= 4 is 5.97 Å². The number of fused-ring (bicyclic) bond motifs is 5. The molecule has 0 radical (unpaired) electrons. The second kappa shape index (κ2) is 12.7. The molecule has 4 rings (SSSR count). The molecule has 0 saturated heterocycles. The molecule has 0 amide bonds. The quantitative estimate of drug-likeness (QED) is 0.0802. The summed E-state index contributed by atoms with van der Waals surface area (Å²) < 4.78 is 11.5. The van der Waals surface area contributed by atoms with Crippen LogP contribution in [0.25, 0.3) is 0 Å². The van der Waals surface area contributed by atoms with E-state index in [-0.39, 0.29) is 23.8 Å². The van der Waals surface area contributed by atoms with Crippen LogP contribution in [-0.2, 0) is 24.0 Å². The van der Waals surface area contributed by atoms with Crippen LogP contribution in [0.4, 0.5) is 0 Å². The predicted octanol–water partition coefficient (Wildman–Crippen LogP) is 8.74. The molecule has 0 aliphatic heterocycles. The van der Waals surface area contributed by atoms with E-state index in [1.807, 2.05) is 27.7 Å². The molecule has 5 heteroatoms. The van der Waals surface area contributed by atoms with E-state index in [1.165, 1.54) is 51.4 Å². The van der Waals surface area contributed by atoms with Gasteiger partial charge in [0.2, 0.25) is 0 Å². The molecule has 0 aromatic rings. The van der Waals surface area contributed by atoms with Crippen molar-refractivity contribution in [2.45, 2.75) is 145 Å². The lowest BCUT2D eigenvalue weighted by Gasteiger charge is -2.61. The third kappa shape index (κ3) is 6.41. The van der Waals surface area contributed by atoms with E-state index in [1.54, 1.807) is 0 Å². The van der Waals surface area contributed by atoms with E-state index in [2.05, 4.69) is 27.7 Å². The molecule has 39 heavy (non-hydrogen) atoms. The maximum atomic E-state index is 12.8. The van der Waals surface area contributed by atoms with Gasteiger partial charge in [-0.1, -0.05) is 27.7 Å². The van der Waals surface area contributed by atoms with Crippen molar-refractivity contribution in [3.8, 4) is 0 Å². The van der Waals surface area contributed by atoms with Gasteiger partial charge in [0.15, 0.2) is 6.29 Å². The summed E-state index contributed by atoms with van der Waals surface area (Å²) in [4.78, 5) is 23.5. The van der Waals surface area contributed by atoms with Gasteiger partial charge in [-0.05, 0) is 151 Å². The fourth-order valence-corrected chi connectivity index (χ4v) is 9.83. The van der Waals surface area contributed by atoms with E-state index in [0.29, 0.717) is 30.0 Å². The van der Waals surface area contributed by atoms with Gasteiger partial charge >= 0.3 is 5.97 Å². The molecule has 4 aliphatic rings. The SMILES string of the molecule is CCOC(C)OOCCCC(C)C1CCC2C3CCC4CC(OC(=O)C(C)(C)CC)CCC4(C)C3CCC12C. The van der Waals surface area contributed by atoms with Crippen molar-refractivity contribution in [1.29, 1.82) is 0 Å². The van der Waals surface area contributed by atoms with E-state index in [4.69, 9.17) is 19.2 Å². The van der Waals surface area contributed by atoms with Gasteiger partial charge < -0.3 is 9.47 Å². The van der Waals surface area contributed by atoms with E-state index in [9.17, 15) is 4.79 Å². The summed E-state index contributed by atoms with van der Waals surface area (Å²) in [6, 6.07) is 0. The second-order valence-electron chi connectivity index (χ2n) is 15.0. The summed E-state index contributed by atoms with van der Waals surface area (Å²) >= 11 is 0. The second-order valence-corrected chi connectivity index (χ2v) is 15.0. The molecule has 5 nitrogen and oxygen atoms in total. The number of esters is 1. The van der Waals surface area contributed by atoms with Gasteiger partial charge in [0.25, 0.3) is 0 Å². The van der Waals surface area contributed by atoms with Crippen LogP contribution in [0.1, 0.15) is 132 Å². The van der Waals surface area contributed by atoms with Gasteiger partial charge in [0, 0.05) is 6.61 Å². The summed E-state index contributed by atoms with van der Waals surface area (Å²) in [6.45, 7) is 19.0. The summed E-state index contributed by atoms with van der Waals surface area (Å²) in [5.74, 6) is 4.90. The normalized spacial score (nSPS) is 39.8. The third-order valence-electron chi connectivity index (χ3n) is 12.6. The Hall–Kier alpha value is -0.650. The van der Waals surface area contributed by atoms with Crippen LogP contribution in [0.5, 0.6) is 0 Å². The Bertz CT molecular complexity index is 811. The topological polar surface area (TPSA) is 54.0 Å². The number of ether oxygens (including phenoxy) is 2. The number of carbonyl (C=O) groups is 1. The molecular weight excluding hydrogens is 488 g/mol. The van der Waals surface area contributed by atoms with Crippen LogP contribution < -0.4 is 0 Å². The van der Waals surface area contributed by atoms with Crippen molar-refractivity contribution < 1.29 is 24.0 Å². The maximum Gasteiger partial charge on any atom is 0.311 e. The summed E-state index contributed by atoms with van der Waals surface area (Å²) in [7, 11) is 0. The maximum absolute atomic E-state index is 12.8. The number of hydrogen-bond acceptors (Lipinski definition) is 5. The van der Waals surface area contributed by atoms with Gasteiger partial charge in [-0.3, -0.25) is 4.79 Å². The van der Waals surface area contributed by atoms with Crippen molar-refractivity contribution in [3.05, 3.63) is 0 Å². The van der Waals surface area contributed by atoms with Crippen LogP contribution in [0.3, 0.4) is 0 Å². The third-order valence-corrected chi connectivity index (χ3v) is 12.6. The molecule has 4 saturated carbocycles. The minimum Gasteiger partial charge on any atom is -0.462 e. The van der Waals surface area contributed by atoms with Crippen molar-refractivity contribution in [3.63, 3.8) is 0 Å². The lowest BCUT2D eigenvalue weighted by molar-refractivity contribution is -0.373. The van der Waals surface area contributed by atoms with E-state index < -0.39 is 0 Å². The Morgan fingerprint density at radius 3 is 2.38 bits per heavy atom. The van der Waals surface area contributed by atoms with Gasteiger partial charge in [0.1, 0.15) is 6.10 Å². The molecule has 10 atom stereocenters. The Morgan fingerprint density at radius 2 is 1.67 bits per heavy atom. The molecule has 4 fully saturated rings. The highest BCUT2D eigenvalue weighted by atomic mass is 17.2. The van der Waals surface area contributed by atoms with Crippen molar-refractivity contribution in [2.75, 3.05) is 13.2 Å². The molecular formula is C34H60O5. The standard InChI is InChI=1S/C34H60O5/c1-9-32(5,6)31(35)38-26-17-19-33(7)25(22-26)13-14-27-29-16-15-28(34(29,8)20-18-30(27)33)23(3)12-11-21-37-39-24(4)36-10-2/h23-30H,9-22H2,1-8H3. The minimum atomic E-state index is -0.370. The van der Waals surface area contributed by atoms with E-state index >= 15 is 0 Å². The Kier molecular flexibility index (Phi) is 10.2. The highest BCUT2D eigenvalue weighted by Gasteiger charge is 2.60. The molecule has 0 aromatic heterocycles. The summed E-state index contributed by atoms with van der Waals surface area (Å²) in [5, 5.41) is 0. The van der Waals surface area contributed by atoms with Crippen LogP contribution in [-0.4, -0.2) is 31.6 Å². The van der Waals surface area contributed by atoms with Crippen LogP contribution >= 0.6 is 0 Å². The minimum absolute atomic E-state index is 0.00555. The fraction of sp³-hybridized carbons (Fsp3) is 0.971. The van der Waals surface area contributed by atoms with Gasteiger partial charge in [-0.25, -0.2) is 9.78 Å². The monoisotopic (exact) mass is 548 g/mol. The van der Waals surface area contributed by atoms with Gasteiger partial charge in [-0.15, -0.1) is 0 Å². The predicted molar refractivity (Wildman–Crippen MR) is 156 cm³/mol. The lowest BCUT2D eigenvalue weighted by Crippen LogP contribution is -2.54. The Morgan fingerprint density at radius 1 is 0.949 bits per heavy atom. The smallest absolute Gasteiger partial charge is 0.311 e. The number of rotatable bonds is 12. The Balaban J connectivity index is 1.31. The molecule has 0 heterocycles. The zero-order valence-electron chi connectivity index (χ0n) is 26.6. The average Bonchev–Trinajstić information content (AvgIpc) is 3.26. The van der Waals surface area contributed by atoms with Crippen molar-refractivity contribution in [1.82, 2.24) is 0 Å². The summed E-state index contributed by atoms with van der Waals surface area (Å²) in [5.41, 5.74) is 0.543. The molecule has 4 aliphatic carbocycles. The van der Waals surface area contributed by atoms with Gasteiger partial charge in [0.05, 0.1) is 12.0 Å². The van der Waals surface area contributed by atoms with Crippen LogP contribution in [0.15, 0.2) is 0 Å². The number of hydrogen-bond donors (Lipinski definition) is 0. The van der Waals surface area contributed by atoms with E-state index in [0.717, 1.165) is 55.3 Å². The summed E-state index contributed by atoms with van der Waals surface area (Å²) in [6.07, 6.45) is 14.6. The van der Waals surface area contributed by atoms with Crippen LogP contribution in [0, 0.1) is 51.8 Å².